The van der Waals surface area contributed by atoms with Gasteiger partial charge in [-0.05, 0) is 61.6 Å². The van der Waals surface area contributed by atoms with Gasteiger partial charge in [-0.1, -0.05) is 41.9 Å². The average molecular weight is 356 g/mol. The lowest BCUT2D eigenvalue weighted by Crippen LogP contribution is -2.41. The smallest absolute Gasteiger partial charge is 0.139 e. The van der Waals surface area contributed by atoms with E-state index in [9.17, 15) is 0 Å². The topological polar surface area (TPSA) is 12.5 Å². The molecule has 132 valence electrons. The van der Waals surface area contributed by atoms with Crippen molar-refractivity contribution in [2.75, 3.05) is 18.6 Å². The van der Waals surface area contributed by atoms with Crippen molar-refractivity contribution in [1.82, 2.24) is 0 Å². The van der Waals surface area contributed by atoms with Gasteiger partial charge in [0.25, 0.3) is 0 Å². The zero-order valence-corrected chi connectivity index (χ0v) is 15.7. The van der Waals surface area contributed by atoms with Crippen LogP contribution in [0.15, 0.2) is 48.5 Å². The summed E-state index contributed by atoms with van der Waals surface area (Å²) in [7, 11) is 1.68. The second kappa shape index (κ2) is 6.92. The van der Waals surface area contributed by atoms with Gasteiger partial charge in [0.2, 0.25) is 0 Å². The van der Waals surface area contributed by atoms with Gasteiger partial charge < -0.3 is 9.64 Å². The normalized spacial score (nSPS) is 28.7. The first-order chi connectivity index (χ1) is 12.2. The summed E-state index contributed by atoms with van der Waals surface area (Å²) in [6, 6.07) is 17.7. The lowest BCUT2D eigenvalue weighted by Gasteiger charge is -2.40. The summed E-state index contributed by atoms with van der Waals surface area (Å²) in [4.78, 5) is 2.51. The molecule has 0 spiro atoms. The number of anilines is 1. The number of piperidine rings is 1. The van der Waals surface area contributed by atoms with Crippen LogP contribution in [0.5, 0.6) is 5.75 Å². The largest absolute Gasteiger partial charge is 0.495 e. The molecule has 4 atom stereocenters. The molecule has 1 aliphatic carbocycles. The highest BCUT2D eigenvalue weighted by atomic mass is 35.5. The molecule has 2 aromatic carbocycles. The van der Waals surface area contributed by atoms with Crippen LogP contribution in [0.1, 0.15) is 37.7 Å². The third-order valence-electron chi connectivity index (χ3n) is 6.06. The molecular weight excluding hydrogens is 330 g/mol. The summed E-state index contributed by atoms with van der Waals surface area (Å²) in [5.74, 6) is 3.29. The number of nitrogens with zero attached hydrogens (tertiary/aromatic N) is 1. The van der Waals surface area contributed by atoms with Crippen molar-refractivity contribution in [3.8, 4) is 5.75 Å². The van der Waals surface area contributed by atoms with Crippen molar-refractivity contribution in [2.45, 2.75) is 38.1 Å². The molecule has 0 amide bonds. The molecule has 1 saturated heterocycles. The van der Waals surface area contributed by atoms with Crippen LogP contribution >= 0.6 is 11.6 Å². The van der Waals surface area contributed by atoms with E-state index < -0.39 is 0 Å². The molecule has 2 aliphatic rings. The molecule has 2 fully saturated rings. The summed E-state index contributed by atoms with van der Waals surface area (Å²) >= 11 is 6.18. The zero-order chi connectivity index (χ0) is 17.4. The van der Waals surface area contributed by atoms with Crippen LogP contribution in [-0.4, -0.2) is 19.7 Å². The van der Waals surface area contributed by atoms with Crippen LogP contribution in [0, 0.1) is 11.8 Å². The number of halogens is 1. The van der Waals surface area contributed by atoms with E-state index in [1.165, 1.54) is 30.5 Å². The quantitative estimate of drug-likeness (QED) is 0.691. The molecule has 2 aromatic rings. The third-order valence-corrected chi connectivity index (χ3v) is 6.37. The Morgan fingerprint density at radius 1 is 1.08 bits per heavy atom. The summed E-state index contributed by atoms with van der Waals surface area (Å²) < 4.78 is 5.39. The van der Waals surface area contributed by atoms with Crippen LogP contribution in [-0.2, 0) is 0 Å². The van der Waals surface area contributed by atoms with E-state index in [2.05, 4.69) is 54.3 Å². The number of hydrogen-bond acceptors (Lipinski definition) is 2. The van der Waals surface area contributed by atoms with E-state index in [0.717, 1.165) is 30.0 Å². The minimum atomic E-state index is 0.557. The molecule has 0 aromatic heterocycles. The van der Waals surface area contributed by atoms with Gasteiger partial charge in [0.05, 0.1) is 12.1 Å². The molecule has 1 saturated carbocycles. The van der Waals surface area contributed by atoms with Crippen molar-refractivity contribution in [1.29, 1.82) is 0 Å². The van der Waals surface area contributed by atoms with E-state index >= 15 is 0 Å². The van der Waals surface area contributed by atoms with E-state index in [1.807, 2.05) is 6.07 Å². The molecule has 0 N–H and O–H groups in total. The van der Waals surface area contributed by atoms with Crippen molar-refractivity contribution in [2.24, 2.45) is 11.8 Å². The Morgan fingerprint density at radius 2 is 1.88 bits per heavy atom. The van der Waals surface area contributed by atoms with E-state index in [4.69, 9.17) is 16.3 Å². The number of ether oxygens (including phenoxy) is 1. The molecule has 0 bridgehead atoms. The van der Waals surface area contributed by atoms with Crippen LogP contribution in [0.25, 0.3) is 0 Å². The zero-order valence-electron chi connectivity index (χ0n) is 15.0. The maximum Gasteiger partial charge on any atom is 0.139 e. The second-order valence-electron chi connectivity index (χ2n) is 7.56. The van der Waals surface area contributed by atoms with Crippen molar-refractivity contribution < 1.29 is 4.74 Å². The molecular formula is C22H26ClNO. The lowest BCUT2D eigenvalue weighted by molar-refractivity contribution is 0.314. The molecule has 2 nitrogen and oxygen atoms in total. The fourth-order valence-corrected chi connectivity index (χ4v) is 4.82. The van der Waals surface area contributed by atoms with Gasteiger partial charge in [0.1, 0.15) is 5.75 Å². The molecule has 3 heteroatoms. The van der Waals surface area contributed by atoms with Crippen LogP contribution < -0.4 is 9.64 Å². The Kier molecular flexibility index (Phi) is 4.64. The standard InChI is InChI=1S/C22H26ClNO/c1-15-12-17(20-14-19(20)16-6-4-3-5-7-16)10-11-24(15)18-8-9-21(23)22(13-18)25-2/h3-9,13,15,17,19-20H,10-12,14H2,1-2H3/t15?,17?,19-,20-/m0/s1. The number of methoxy groups -OCH3 is 1. The van der Waals surface area contributed by atoms with Crippen LogP contribution in [0.3, 0.4) is 0 Å². The molecule has 4 rings (SSSR count). The van der Waals surface area contributed by atoms with E-state index in [1.54, 1.807) is 7.11 Å². The predicted octanol–water partition coefficient (Wildman–Crippen LogP) is 5.76. The van der Waals surface area contributed by atoms with E-state index in [0.29, 0.717) is 11.1 Å². The van der Waals surface area contributed by atoms with Crippen molar-refractivity contribution in [3.05, 3.63) is 59.1 Å². The van der Waals surface area contributed by atoms with Crippen LogP contribution in [0.4, 0.5) is 5.69 Å². The Bertz CT molecular complexity index is 732. The molecule has 25 heavy (non-hydrogen) atoms. The van der Waals surface area contributed by atoms with Gasteiger partial charge in [-0.3, -0.25) is 0 Å². The fourth-order valence-electron chi connectivity index (χ4n) is 4.63. The maximum absolute atomic E-state index is 6.18. The number of hydrogen-bond donors (Lipinski definition) is 0. The Hall–Kier alpha value is -1.67. The second-order valence-corrected chi connectivity index (χ2v) is 7.97. The molecule has 0 radical (unpaired) electrons. The maximum atomic E-state index is 6.18. The molecule has 1 heterocycles. The number of benzene rings is 2. The first-order valence-corrected chi connectivity index (χ1v) is 9.70. The minimum Gasteiger partial charge on any atom is -0.495 e. The highest BCUT2D eigenvalue weighted by molar-refractivity contribution is 6.32. The monoisotopic (exact) mass is 355 g/mol. The SMILES string of the molecule is COc1cc(N2CCC([C@@H]3C[C@H]3c3ccccc3)CC2C)ccc1Cl. The van der Waals surface area contributed by atoms with Gasteiger partial charge in [0, 0.05) is 24.3 Å². The molecule has 2 unspecified atom stereocenters. The lowest BCUT2D eigenvalue weighted by atomic mass is 9.86. The third kappa shape index (κ3) is 3.37. The van der Waals surface area contributed by atoms with Gasteiger partial charge in [-0.25, -0.2) is 0 Å². The Balaban J connectivity index is 1.41. The Labute approximate surface area is 155 Å². The summed E-state index contributed by atoms with van der Waals surface area (Å²) in [6.07, 6.45) is 3.93. The highest BCUT2D eigenvalue weighted by Crippen LogP contribution is 2.55. The average Bonchev–Trinajstić information content (AvgIpc) is 3.44. The minimum absolute atomic E-state index is 0.557. The van der Waals surface area contributed by atoms with Gasteiger partial charge in [-0.2, -0.15) is 0 Å². The Morgan fingerprint density at radius 3 is 2.60 bits per heavy atom. The van der Waals surface area contributed by atoms with Gasteiger partial charge in [0.15, 0.2) is 0 Å². The van der Waals surface area contributed by atoms with E-state index in [-0.39, 0.29) is 0 Å². The number of rotatable bonds is 4. The highest BCUT2D eigenvalue weighted by Gasteiger charge is 2.45. The predicted molar refractivity (Wildman–Crippen MR) is 105 cm³/mol. The summed E-state index contributed by atoms with van der Waals surface area (Å²) in [5.41, 5.74) is 2.76. The summed E-state index contributed by atoms with van der Waals surface area (Å²) in [6.45, 7) is 3.47. The first-order valence-electron chi connectivity index (χ1n) is 9.32. The molecule has 1 aliphatic heterocycles. The fraction of sp³-hybridized carbons (Fsp3) is 0.455. The van der Waals surface area contributed by atoms with Crippen molar-refractivity contribution >= 4 is 17.3 Å². The van der Waals surface area contributed by atoms with Gasteiger partial charge in [-0.15, -0.1) is 0 Å². The first kappa shape index (κ1) is 16.8. The van der Waals surface area contributed by atoms with Gasteiger partial charge >= 0.3 is 0 Å². The summed E-state index contributed by atoms with van der Waals surface area (Å²) in [5, 5.41) is 0.678. The van der Waals surface area contributed by atoms with Crippen LogP contribution in [0.2, 0.25) is 5.02 Å². The van der Waals surface area contributed by atoms with Crippen molar-refractivity contribution in [3.63, 3.8) is 0 Å².